The maximum absolute atomic E-state index is 13.6. The molecule has 0 aromatic rings. The Kier molecular flexibility index (Phi) is 5.80. The Balaban J connectivity index is 1.80. The third-order valence-corrected chi connectivity index (χ3v) is 12.4. The summed E-state index contributed by atoms with van der Waals surface area (Å²) in [5, 5.41) is -1.22. The summed E-state index contributed by atoms with van der Waals surface area (Å²) in [4.78, 5) is 0. The molecule has 6 atom stereocenters. The molecule has 1 aliphatic heterocycles. The fourth-order valence-corrected chi connectivity index (χ4v) is 11.0. The molecule has 6 nitrogen and oxygen atoms in total. The van der Waals surface area contributed by atoms with E-state index in [1.165, 1.54) is 7.11 Å². The van der Waals surface area contributed by atoms with E-state index in [9.17, 15) is 30.0 Å². The van der Waals surface area contributed by atoms with E-state index >= 15 is 0 Å². The molecular formula is C23H33F3O6S2. The number of alkyl halides is 3. The molecule has 0 aromatic carbocycles. The van der Waals surface area contributed by atoms with Gasteiger partial charge in [0.05, 0.1) is 18.1 Å². The highest BCUT2D eigenvalue weighted by atomic mass is 32.2. The van der Waals surface area contributed by atoms with Crippen LogP contribution in [0, 0.1) is 34.0 Å². The molecule has 0 aromatic heterocycles. The Morgan fingerprint density at radius 3 is 2.26 bits per heavy atom. The van der Waals surface area contributed by atoms with E-state index in [0.29, 0.717) is 5.92 Å². The van der Waals surface area contributed by atoms with Gasteiger partial charge in [-0.3, -0.25) is 0 Å². The highest BCUT2D eigenvalue weighted by Crippen LogP contribution is 2.69. The van der Waals surface area contributed by atoms with E-state index in [-0.39, 0.29) is 28.3 Å². The van der Waals surface area contributed by atoms with Crippen molar-refractivity contribution < 1.29 is 38.9 Å². The van der Waals surface area contributed by atoms with E-state index in [1.54, 1.807) is 0 Å². The van der Waals surface area contributed by atoms with Crippen LogP contribution < -0.4 is 0 Å². The average molecular weight is 527 g/mol. The quantitative estimate of drug-likeness (QED) is 0.382. The van der Waals surface area contributed by atoms with Crippen molar-refractivity contribution >= 4 is 20.0 Å². The molecule has 0 bridgehead atoms. The minimum Gasteiger partial charge on any atom is -0.501 e. The molecule has 0 spiro atoms. The number of hydrogen-bond donors (Lipinski definition) is 0. The van der Waals surface area contributed by atoms with Gasteiger partial charge in [0.15, 0.2) is 9.84 Å². The van der Waals surface area contributed by atoms with Crippen molar-refractivity contribution in [2.75, 3.05) is 12.9 Å². The summed E-state index contributed by atoms with van der Waals surface area (Å²) in [5.41, 5.74) is -6.23. The lowest BCUT2D eigenvalue weighted by Crippen LogP contribution is -2.64. The third-order valence-electron chi connectivity index (χ3n) is 9.34. The van der Waals surface area contributed by atoms with Crippen molar-refractivity contribution in [3.05, 3.63) is 23.7 Å². The molecule has 3 aliphatic carbocycles. The number of methoxy groups -OCH3 is 1. The van der Waals surface area contributed by atoms with E-state index < -0.39 is 47.8 Å². The first kappa shape index (κ1) is 25.9. The zero-order valence-corrected chi connectivity index (χ0v) is 21.7. The van der Waals surface area contributed by atoms with E-state index in [1.807, 2.05) is 0 Å². The molecular weight excluding hydrogens is 493 g/mol. The molecule has 0 amide bonds. The predicted molar refractivity (Wildman–Crippen MR) is 120 cm³/mol. The van der Waals surface area contributed by atoms with Gasteiger partial charge >= 0.3 is 15.6 Å². The Hall–Kier alpha value is -1.23. The Bertz CT molecular complexity index is 1140. The summed E-state index contributed by atoms with van der Waals surface area (Å²) in [6, 6.07) is 0. The lowest BCUT2D eigenvalue weighted by molar-refractivity contribution is -0.141. The van der Waals surface area contributed by atoms with Crippen molar-refractivity contribution in [1.82, 2.24) is 0 Å². The van der Waals surface area contributed by atoms with Gasteiger partial charge in [0, 0.05) is 12.0 Å². The van der Waals surface area contributed by atoms with Gasteiger partial charge in [0.2, 0.25) is 0 Å². The van der Waals surface area contributed by atoms with Crippen molar-refractivity contribution in [2.45, 2.75) is 70.6 Å². The second-order valence-corrected chi connectivity index (χ2v) is 15.3. The van der Waals surface area contributed by atoms with Gasteiger partial charge in [-0.25, -0.2) is 8.42 Å². The Morgan fingerprint density at radius 2 is 1.68 bits per heavy atom. The second kappa shape index (κ2) is 7.63. The predicted octanol–water partition coefficient (Wildman–Crippen LogP) is 4.94. The van der Waals surface area contributed by atoms with Gasteiger partial charge in [-0.1, -0.05) is 34.1 Å². The van der Waals surface area contributed by atoms with Crippen LogP contribution in [0.3, 0.4) is 0 Å². The van der Waals surface area contributed by atoms with Gasteiger partial charge in [-0.05, 0) is 59.8 Å². The van der Waals surface area contributed by atoms with Crippen LogP contribution in [-0.4, -0.2) is 40.5 Å². The molecule has 2 saturated carbocycles. The SMILES string of the molecule is COC1=CC(OS(=O)(=O)C(F)(F)F)=CC2C1[C@]1(C)CC[C@H]3C(C)(C)CCC[C@]3(C)[C@H]1CS2(=O)=O. The van der Waals surface area contributed by atoms with Crippen LogP contribution >= 0.6 is 0 Å². The lowest BCUT2D eigenvalue weighted by atomic mass is 9.41. The molecule has 0 N–H and O–H groups in total. The highest BCUT2D eigenvalue weighted by Gasteiger charge is 2.66. The fourth-order valence-electron chi connectivity index (χ4n) is 7.90. The summed E-state index contributed by atoms with van der Waals surface area (Å²) in [6.45, 7) is 8.78. The fraction of sp³-hybridized carbons (Fsp3) is 0.826. The topological polar surface area (TPSA) is 86.7 Å². The third kappa shape index (κ3) is 3.71. The Labute approximate surface area is 200 Å². The van der Waals surface area contributed by atoms with Crippen LogP contribution in [0.1, 0.15) is 59.8 Å². The van der Waals surface area contributed by atoms with Crippen molar-refractivity contribution in [3.8, 4) is 0 Å². The lowest BCUT2D eigenvalue weighted by Gasteiger charge is -2.66. The van der Waals surface area contributed by atoms with E-state index in [2.05, 4.69) is 31.9 Å². The molecule has 2 unspecified atom stereocenters. The van der Waals surface area contributed by atoms with Crippen LogP contribution in [-0.2, 0) is 28.9 Å². The Morgan fingerprint density at radius 1 is 1.03 bits per heavy atom. The normalized spacial score (nSPS) is 41.2. The van der Waals surface area contributed by atoms with Gasteiger partial charge < -0.3 is 8.92 Å². The first-order valence-corrected chi connectivity index (χ1v) is 14.7. The molecule has 194 valence electrons. The number of halogens is 3. The zero-order valence-electron chi connectivity index (χ0n) is 20.1. The molecule has 1 heterocycles. The maximum atomic E-state index is 13.6. The minimum atomic E-state index is -5.94. The zero-order chi connectivity index (χ0) is 25.5. The molecule has 34 heavy (non-hydrogen) atoms. The van der Waals surface area contributed by atoms with Gasteiger partial charge in [0.25, 0.3) is 0 Å². The number of rotatable bonds is 3. The molecule has 11 heteroatoms. The van der Waals surface area contributed by atoms with Crippen LogP contribution in [0.5, 0.6) is 0 Å². The van der Waals surface area contributed by atoms with Crippen molar-refractivity contribution in [2.24, 2.45) is 34.0 Å². The van der Waals surface area contributed by atoms with Crippen LogP contribution in [0.4, 0.5) is 13.2 Å². The maximum Gasteiger partial charge on any atom is 0.534 e. The number of hydrogen-bond acceptors (Lipinski definition) is 6. The van der Waals surface area contributed by atoms with Crippen molar-refractivity contribution in [1.29, 1.82) is 0 Å². The summed E-state index contributed by atoms with van der Waals surface area (Å²) in [6.07, 6.45) is 6.83. The van der Waals surface area contributed by atoms with Gasteiger partial charge in [0.1, 0.15) is 11.5 Å². The first-order chi connectivity index (χ1) is 15.4. The van der Waals surface area contributed by atoms with Crippen LogP contribution in [0.2, 0.25) is 0 Å². The number of fused-ring (bicyclic) bond motifs is 5. The summed E-state index contributed by atoms with van der Waals surface area (Å²) in [7, 11) is -8.46. The van der Waals surface area contributed by atoms with Crippen LogP contribution in [0.15, 0.2) is 23.7 Å². The van der Waals surface area contributed by atoms with Gasteiger partial charge in [-0.15, -0.1) is 0 Å². The molecule has 1 saturated heterocycles. The van der Waals surface area contributed by atoms with E-state index in [4.69, 9.17) is 4.74 Å². The number of ether oxygens (including phenoxy) is 1. The summed E-state index contributed by atoms with van der Waals surface area (Å²) in [5.74, 6) is -1.06. The monoisotopic (exact) mass is 526 g/mol. The smallest absolute Gasteiger partial charge is 0.501 e. The summed E-state index contributed by atoms with van der Waals surface area (Å²) >= 11 is 0. The number of allylic oxidation sites excluding steroid dienone is 2. The van der Waals surface area contributed by atoms with Crippen LogP contribution in [0.25, 0.3) is 0 Å². The summed E-state index contributed by atoms with van der Waals surface area (Å²) < 4.78 is 98.9. The minimum absolute atomic E-state index is 0.0916. The largest absolute Gasteiger partial charge is 0.534 e. The number of sulfone groups is 1. The molecule has 0 radical (unpaired) electrons. The average Bonchev–Trinajstić information content (AvgIpc) is 2.67. The first-order valence-electron chi connectivity index (χ1n) is 11.6. The highest BCUT2D eigenvalue weighted by molar-refractivity contribution is 7.92. The standard InChI is InChI=1S/C23H33F3O6S2/c1-20(2)8-6-9-21(3)17(20)7-10-22(4)18(21)13-33(27,28)16-12-14(11-15(31-5)19(16)22)32-34(29,30)23(24,25)26/h11-12,16-19H,6-10,13H2,1-5H3/t16?,17-,18+,19?,21-,22+/m0/s1. The van der Waals surface area contributed by atoms with E-state index in [0.717, 1.165) is 44.3 Å². The second-order valence-electron chi connectivity index (χ2n) is 11.6. The van der Waals surface area contributed by atoms with Crippen molar-refractivity contribution in [3.63, 3.8) is 0 Å². The molecule has 4 aliphatic rings. The molecule has 3 fully saturated rings. The van der Waals surface area contributed by atoms with Gasteiger partial charge in [-0.2, -0.15) is 21.6 Å². The molecule has 4 rings (SSSR count).